The van der Waals surface area contributed by atoms with E-state index in [4.69, 9.17) is 16.9 Å². The Hall–Kier alpha value is -2.71. The van der Waals surface area contributed by atoms with Gasteiger partial charge < -0.3 is 10.2 Å². The minimum Gasteiger partial charge on any atom is -0.508 e. The molecule has 2 aromatic carbocycles. The predicted octanol–water partition coefficient (Wildman–Crippen LogP) is 2.96. The number of phenols is 2. The number of fused-ring (bicyclic) bond motifs is 1. The minimum absolute atomic E-state index is 0.00391. The summed E-state index contributed by atoms with van der Waals surface area (Å²) in [5.74, 6) is 0.0842. The van der Waals surface area contributed by atoms with Crippen LogP contribution in [0.25, 0.3) is 16.6 Å². The van der Waals surface area contributed by atoms with E-state index in [0.29, 0.717) is 16.6 Å². The van der Waals surface area contributed by atoms with Crippen LogP contribution in [0, 0.1) is 11.3 Å². The van der Waals surface area contributed by atoms with E-state index in [9.17, 15) is 10.2 Å². The molecule has 0 fully saturated rings. The third-order valence-corrected chi connectivity index (χ3v) is 3.29. The fourth-order valence-electron chi connectivity index (χ4n) is 2.00. The normalized spacial score (nSPS) is 10.6. The molecule has 0 unspecified atom stereocenters. The molecule has 2 N–H and O–H groups in total. The molecule has 6 heteroatoms. The molecule has 0 saturated carbocycles. The molecule has 3 aromatic rings. The largest absolute Gasteiger partial charge is 0.508 e. The van der Waals surface area contributed by atoms with E-state index in [1.807, 2.05) is 6.07 Å². The maximum absolute atomic E-state index is 9.49. The monoisotopic (exact) mass is 285 g/mol. The number of hydrogen-bond donors (Lipinski definition) is 2. The van der Waals surface area contributed by atoms with Crippen molar-refractivity contribution < 1.29 is 10.2 Å². The summed E-state index contributed by atoms with van der Waals surface area (Å²) >= 11 is 6.25. The van der Waals surface area contributed by atoms with Crippen molar-refractivity contribution in [1.82, 2.24) is 9.78 Å². The van der Waals surface area contributed by atoms with Crippen molar-refractivity contribution in [3.63, 3.8) is 0 Å². The Morgan fingerprint density at radius 1 is 1.10 bits per heavy atom. The van der Waals surface area contributed by atoms with Gasteiger partial charge in [0.2, 0.25) is 0 Å². The van der Waals surface area contributed by atoms with Crippen LogP contribution in [0.5, 0.6) is 11.5 Å². The second-order valence-corrected chi connectivity index (χ2v) is 4.58. The third kappa shape index (κ3) is 1.83. The Bertz CT molecular complexity index is 865. The molecular weight excluding hydrogens is 278 g/mol. The van der Waals surface area contributed by atoms with Crippen LogP contribution in [0.15, 0.2) is 36.4 Å². The highest BCUT2D eigenvalue weighted by Crippen LogP contribution is 2.30. The van der Waals surface area contributed by atoms with Gasteiger partial charge in [0, 0.05) is 5.39 Å². The highest BCUT2D eigenvalue weighted by Gasteiger charge is 2.14. The summed E-state index contributed by atoms with van der Waals surface area (Å²) in [5.41, 5.74) is 1.32. The van der Waals surface area contributed by atoms with Crippen LogP contribution in [0.2, 0.25) is 5.15 Å². The van der Waals surface area contributed by atoms with Crippen LogP contribution in [0.3, 0.4) is 0 Å². The predicted molar refractivity (Wildman–Crippen MR) is 74.1 cm³/mol. The average Bonchev–Trinajstić information content (AvgIpc) is 2.76. The molecule has 0 atom stereocenters. The van der Waals surface area contributed by atoms with E-state index in [2.05, 4.69) is 5.10 Å². The van der Waals surface area contributed by atoms with Crippen molar-refractivity contribution in [2.24, 2.45) is 0 Å². The van der Waals surface area contributed by atoms with Crippen LogP contribution in [-0.4, -0.2) is 20.0 Å². The van der Waals surface area contributed by atoms with E-state index < -0.39 is 0 Å². The molecule has 0 aliphatic carbocycles. The first-order valence-electron chi connectivity index (χ1n) is 5.71. The lowest BCUT2D eigenvalue weighted by Crippen LogP contribution is -1.99. The molecule has 0 radical (unpaired) electrons. The molecule has 5 nitrogen and oxygen atoms in total. The van der Waals surface area contributed by atoms with Crippen molar-refractivity contribution in [3.8, 4) is 23.3 Å². The summed E-state index contributed by atoms with van der Waals surface area (Å²) in [6.07, 6.45) is 0. The number of rotatable bonds is 1. The second kappa shape index (κ2) is 4.44. The van der Waals surface area contributed by atoms with Crippen molar-refractivity contribution in [2.45, 2.75) is 0 Å². The molecule has 0 saturated heterocycles. The van der Waals surface area contributed by atoms with Crippen LogP contribution >= 0.6 is 11.6 Å². The first kappa shape index (κ1) is 12.3. The fourth-order valence-corrected chi connectivity index (χ4v) is 2.28. The molecule has 1 aromatic heterocycles. The zero-order valence-corrected chi connectivity index (χ0v) is 10.8. The number of benzene rings is 2. The standard InChI is InChI=1S/C14H8ClN3O2/c15-14-11-6-10(20)1-3-12(11)17-18(14)13-4-2-9(19)5-8(13)7-16/h1-6,19-20H. The fraction of sp³-hybridized carbons (Fsp3) is 0. The Kier molecular flexibility index (Phi) is 2.74. The molecule has 0 amide bonds. The van der Waals surface area contributed by atoms with E-state index in [-0.39, 0.29) is 22.2 Å². The molecular formula is C14H8ClN3O2. The Morgan fingerprint density at radius 3 is 2.55 bits per heavy atom. The Labute approximate surface area is 118 Å². The van der Waals surface area contributed by atoms with Gasteiger partial charge in [-0.1, -0.05) is 11.6 Å². The number of aromatic nitrogens is 2. The molecule has 20 heavy (non-hydrogen) atoms. The smallest absolute Gasteiger partial charge is 0.140 e. The summed E-state index contributed by atoms with van der Waals surface area (Å²) in [6, 6.07) is 11.0. The number of halogens is 1. The zero-order chi connectivity index (χ0) is 14.3. The van der Waals surface area contributed by atoms with Crippen LogP contribution in [0.1, 0.15) is 5.56 Å². The van der Waals surface area contributed by atoms with Crippen molar-refractivity contribution in [2.75, 3.05) is 0 Å². The maximum atomic E-state index is 9.49. The van der Waals surface area contributed by atoms with E-state index in [1.54, 1.807) is 12.1 Å². The molecule has 3 rings (SSSR count). The quantitative estimate of drug-likeness (QED) is 0.720. The molecule has 0 bridgehead atoms. The molecule has 0 aliphatic heterocycles. The lowest BCUT2D eigenvalue weighted by Gasteiger charge is -2.05. The van der Waals surface area contributed by atoms with Crippen molar-refractivity contribution in [3.05, 3.63) is 47.1 Å². The molecule has 0 aliphatic rings. The summed E-state index contributed by atoms with van der Waals surface area (Å²) < 4.78 is 1.41. The Morgan fingerprint density at radius 2 is 1.80 bits per heavy atom. The van der Waals surface area contributed by atoms with Crippen molar-refractivity contribution in [1.29, 1.82) is 5.26 Å². The number of nitrogens with zero attached hydrogens (tertiary/aromatic N) is 3. The van der Waals surface area contributed by atoms with E-state index in [1.165, 1.54) is 28.9 Å². The molecule has 98 valence electrons. The van der Waals surface area contributed by atoms with Gasteiger partial charge in [0.25, 0.3) is 0 Å². The summed E-state index contributed by atoms with van der Waals surface area (Å²) in [7, 11) is 0. The number of phenolic OH excluding ortho intramolecular Hbond substituents is 2. The van der Waals surface area contributed by atoms with Crippen LogP contribution < -0.4 is 0 Å². The number of aromatic hydroxyl groups is 2. The van der Waals surface area contributed by atoms with Gasteiger partial charge in [-0.15, -0.1) is 0 Å². The van der Waals surface area contributed by atoms with Gasteiger partial charge in [-0.3, -0.25) is 0 Å². The average molecular weight is 286 g/mol. The van der Waals surface area contributed by atoms with Crippen LogP contribution in [0.4, 0.5) is 0 Å². The Balaban J connectivity index is 2.31. The lowest BCUT2D eigenvalue weighted by molar-refractivity contribution is 0.474. The summed E-state index contributed by atoms with van der Waals surface area (Å²) in [6.45, 7) is 0. The van der Waals surface area contributed by atoms with Crippen LogP contribution in [-0.2, 0) is 0 Å². The van der Waals surface area contributed by atoms with E-state index in [0.717, 1.165) is 0 Å². The zero-order valence-electron chi connectivity index (χ0n) is 10.1. The van der Waals surface area contributed by atoms with Gasteiger partial charge in [0.15, 0.2) is 0 Å². The van der Waals surface area contributed by atoms with Gasteiger partial charge in [-0.25, -0.2) is 4.68 Å². The highest BCUT2D eigenvalue weighted by molar-refractivity contribution is 6.34. The van der Waals surface area contributed by atoms with Gasteiger partial charge in [-0.05, 0) is 36.4 Å². The van der Waals surface area contributed by atoms with Gasteiger partial charge in [0.05, 0.1) is 16.8 Å². The summed E-state index contributed by atoms with van der Waals surface area (Å²) in [4.78, 5) is 0. The van der Waals surface area contributed by atoms with Gasteiger partial charge >= 0.3 is 0 Å². The molecule has 1 heterocycles. The highest BCUT2D eigenvalue weighted by atomic mass is 35.5. The van der Waals surface area contributed by atoms with Gasteiger partial charge in [0.1, 0.15) is 22.7 Å². The lowest BCUT2D eigenvalue weighted by atomic mass is 10.2. The SMILES string of the molecule is N#Cc1cc(O)ccc1-n1nc2ccc(O)cc2c1Cl. The maximum Gasteiger partial charge on any atom is 0.140 e. The first-order chi connectivity index (χ1) is 9.60. The van der Waals surface area contributed by atoms with Gasteiger partial charge in [-0.2, -0.15) is 10.4 Å². The first-order valence-corrected chi connectivity index (χ1v) is 6.08. The second-order valence-electron chi connectivity index (χ2n) is 4.22. The summed E-state index contributed by atoms with van der Waals surface area (Å²) in [5, 5.41) is 33.2. The van der Waals surface area contributed by atoms with E-state index >= 15 is 0 Å². The topological polar surface area (TPSA) is 82.1 Å². The van der Waals surface area contributed by atoms with Crippen molar-refractivity contribution >= 4 is 22.5 Å². The minimum atomic E-state index is -0.00391. The third-order valence-electron chi connectivity index (χ3n) is 2.92. The molecule has 0 spiro atoms. The number of hydrogen-bond acceptors (Lipinski definition) is 4. The number of nitriles is 1.